The zero-order chi connectivity index (χ0) is 16.3. The largest absolute Gasteiger partial charge is 0.322 e. The van der Waals surface area contributed by atoms with Crippen molar-refractivity contribution in [2.45, 2.75) is 54.4 Å². The lowest BCUT2D eigenvalue weighted by Gasteiger charge is -2.12. The molecule has 0 aromatic heterocycles. The molecule has 1 aromatic carbocycles. The molecular formula is C19H29NO. The van der Waals surface area contributed by atoms with Crippen molar-refractivity contribution in [3.63, 3.8) is 0 Å². The van der Waals surface area contributed by atoms with E-state index in [1.165, 1.54) is 0 Å². The summed E-state index contributed by atoms with van der Waals surface area (Å²) in [5.74, 6) is -0.0154. The minimum atomic E-state index is -0.0154. The number of hydrogen-bond acceptors (Lipinski definition) is 1. The average Bonchev–Trinajstić information content (AvgIpc) is 2.52. The van der Waals surface area contributed by atoms with E-state index in [9.17, 15) is 4.79 Å². The number of amides is 1. The molecule has 1 aliphatic carbocycles. The number of nitrogens with one attached hydrogen (secondary N) is 1. The molecule has 1 amide bonds. The van der Waals surface area contributed by atoms with Gasteiger partial charge in [0.25, 0.3) is 5.91 Å². The molecule has 0 spiro atoms. The fourth-order valence-electron chi connectivity index (χ4n) is 2.07. The van der Waals surface area contributed by atoms with Crippen LogP contribution < -0.4 is 5.32 Å². The smallest absolute Gasteiger partial charge is 0.256 e. The number of aryl methyl sites for hydroxylation is 2. The summed E-state index contributed by atoms with van der Waals surface area (Å²) in [4.78, 5) is 12.2. The molecule has 0 saturated heterocycles. The second-order valence-electron chi connectivity index (χ2n) is 4.36. The summed E-state index contributed by atoms with van der Waals surface area (Å²) in [5.41, 5.74) is 3.72. The number of hydrogen-bond donors (Lipinski definition) is 1. The van der Waals surface area contributed by atoms with Crippen molar-refractivity contribution in [1.29, 1.82) is 0 Å². The van der Waals surface area contributed by atoms with Crippen LogP contribution >= 0.6 is 0 Å². The van der Waals surface area contributed by atoms with E-state index in [0.29, 0.717) is 0 Å². The third-order valence-corrected chi connectivity index (χ3v) is 2.96. The zero-order valence-corrected chi connectivity index (χ0v) is 14.3. The highest BCUT2D eigenvalue weighted by molar-refractivity contribution is 5.98. The van der Waals surface area contributed by atoms with E-state index in [1.807, 2.05) is 65.8 Å². The molecule has 1 N–H and O–H groups in total. The van der Waals surface area contributed by atoms with E-state index in [0.717, 1.165) is 35.2 Å². The first-order chi connectivity index (χ1) is 10.2. The molecule has 1 aliphatic rings. The van der Waals surface area contributed by atoms with Gasteiger partial charge in [0.1, 0.15) is 0 Å². The molecule has 21 heavy (non-hydrogen) atoms. The monoisotopic (exact) mass is 287 g/mol. The van der Waals surface area contributed by atoms with Crippen molar-refractivity contribution >= 4 is 5.91 Å². The van der Waals surface area contributed by atoms with E-state index in [-0.39, 0.29) is 5.91 Å². The highest BCUT2D eigenvalue weighted by Gasteiger charge is 2.12. The van der Waals surface area contributed by atoms with Gasteiger partial charge < -0.3 is 5.32 Å². The van der Waals surface area contributed by atoms with Crippen molar-refractivity contribution in [2.24, 2.45) is 0 Å². The quantitative estimate of drug-likeness (QED) is 0.783. The maximum absolute atomic E-state index is 12.2. The van der Waals surface area contributed by atoms with Crippen molar-refractivity contribution in [3.05, 3.63) is 58.8 Å². The Morgan fingerprint density at radius 1 is 1.00 bits per heavy atom. The maximum Gasteiger partial charge on any atom is 0.256 e. The van der Waals surface area contributed by atoms with Crippen LogP contribution in [0, 0.1) is 13.8 Å². The van der Waals surface area contributed by atoms with Crippen molar-refractivity contribution < 1.29 is 4.79 Å². The van der Waals surface area contributed by atoms with Gasteiger partial charge in [-0.15, -0.1) is 0 Å². The average molecular weight is 287 g/mol. The molecule has 0 atom stereocenters. The molecule has 1 aromatic rings. The summed E-state index contributed by atoms with van der Waals surface area (Å²) in [6.45, 7) is 11.9. The normalized spacial score (nSPS) is 12.2. The third kappa shape index (κ3) is 5.99. The summed E-state index contributed by atoms with van der Waals surface area (Å²) >= 11 is 0. The summed E-state index contributed by atoms with van der Waals surface area (Å²) in [5, 5.41) is 2.95. The van der Waals surface area contributed by atoms with E-state index in [4.69, 9.17) is 0 Å². The minimum absolute atomic E-state index is 0.0154. The molecule has 0 heterocycles. The van der Waals surface area contributed by atoms with Gasteiger partial charge in [0.2, 0.25) is 0 Å². The second kappa shape index (κ2) is 10.9. The van der Waals surface area contributed by atoms with E-state index in [2.05, 4.69) is 17.5 Å². The molecule has 0 fully saturated rings. The first-order valence-corrected chi connectivity index (χ1v) is 7.93. The number of rotatable bonds is 2. The fraction of sp³-hybridized carbons (Fsp3) is 0.421. The highest BCUT2D eigenvalue weighted by Crippen LogP contribution is 2.14. The van der Waals surface area contributed by atoms with Gasteiger partial charge in [0.05, 0.1) is 0 Å². The molecule has 2 heteroatoms. The first-order valence-electron chi connectivity index (χ1n) is 7.93. The lowest BCUT2D eigenvalue weighted by molar-refractivity contribution is 0.0965. The Labute approximate surface area is 130 Å². The predicted molar refractivity (Wildman–Crippen MR) is 92.5 cm³/mol. The Morgan fingerprint density at radius 2 is 1.57 bits per heavy atom. The second-order valence-corrected chi connectivity index (χ2v) is 4.36. The molecule has 0 saturated carbocycles. The van der Waals surface area contributed by atoms with E-state index < -0.39 is 0 Å². The van der Waals surface area contributed by atoms with Gasteiger partial charge >= 0.3 is 0 Å². The standard InChI is InChI=1S/C15H17NO.2C2H6/c1-11-7-6-8-12(2)14(11)15(17)16-13-9-4-3-5-10-13;2*1-2/h4,6-10H,3,5H2,1-2H3,(H,16,17);2*1-2H3. The van der Waals surface area contributed by atoms with Crippen LogP contribution in [-0.4, -0.2) is 5.91 Å². The molecule has 0 aliphatic heterocycles. The predicted octanol–water partition coefficient (Wildman–Crippen LogP) is 5.32. The van der Waals surface area contributed by atoms with Gasteiger partial charge in [0.15, 0.2) is 0 Å². The minimum Gasteiger partial charge on any atom is -0.322 e. The molecule has 0 bridgehead atoms. The van der Waals surface area contributed by atoms with Gasteiger partial charge in [0, 0.05) is 11.3 Å². The van der Waals surface area contributed by atoms with Crippen LogP contribution in [-0.2, 0) is 0 Å². The number of carbonyl (C=O) groups is 1. The molecule has 2 nitrogen and oxygen atoms in total. The van der Waals surface area contributed by atoms with Gasteiger partial charge in [-0.05, 0) is 43.9 Å². The SMILES string of the molecule is CC.CC.Cc1cccc(C)c1C(=O)NC1=CCCC=C1. The number of benzene rings is 1. The highest BCUT2D eigenvalue weighted by atomic mass is 16.1. The summed E-state index contributed by atoms with van der Waals surface area (Å²) < 4.78 is 0. The summed E-state index contributed by atoms with van der Waals surface area (Å²) in [6.07, 6.45) is 8.17. The number of allylic oxidation sites excluding steroid dienone is 3. The van der Waals surface area contributed by atoms with Crippen LogP contribution in [0.25, 0.3) is 0 Å². The van der Waals surface area contributed by atoms with Crippen molar-refractivity contribution in [3.8, 4) is 0 Å². The molecule has 0 unspecified atom stereocenters. The molecule has 0 radical (unpaired) electrons. The van der Waals surface area contributed by atoms with Crippen LogP contribution in [0.4, 0.5) is 0 Å². The first kappa shape index (κ1) is 19.2. The maximum atomic E-state index is 12.2. The Bertz CT molecular complexity index is 478. The molecular weight excluding hydrogens is 258 g/mol. The molecule has 116 valence electrons. The van der Waals surface area contributed by atoms with Gasteiger partial charge in [-0.2, -0.15) is 0 Å². The topological polar surface area (TPSA) is 29.1 Å². The Kier molecular flexibility index (Phi) is 9.95. The van der Waals surface area contributed by atoms with E-state index >= 15 is 0 Å². The lowest BCUT2D eigenvalue weighted by atomic mass is 10.0. The molecule has 2 rings (SSSR count). The Balaban J connectivity index is 0.000000921. The third-order valence-electron chi connectivity index (χ3n) is 2.96. The van der Waals surface area contributed by atoms with Crippen LogP contribution in [0.1, 0.15) is 62.0 Å². The van der Waals surface area contributed by atoms with Crippen LogP contribution in [0.2, 0.25) is 0 Å². The van der Waals surface area contributed by atoms with Gasteiger partial charge in [-0.25, -0.2) is 0 Å². The zero-order valence-electron chi connectivity index (χ0n) is 14.3. The summed E-state index contributed by atoms with van der Waals surface area (Å²) in [7, 11) is 0. The summed E-state index contributed by atoms with van der Waals surface area (Å²) in [6, 6.07) is 5.90. The van der Waals surface area contributed by atoms with Crippen LogP contribution in [0.15, 0.2) is 42.1 Å². The fourth-order valence-corrected chi connectivity index (χ4v) is 2.07. The Hall–Kier alpha value is -1.83. The Morgan fingerprint density at radius 3 is 2.05 bits per heavy atom. The van der Waals surface area contributed by atoms with Gasteiger partial charge in [-0.1, -0.05) is 58.0 Å². The van der Waals surface area contributed by atoms with Crippen molar-refractivity contribution in [1.82, 2.24) is 5.32 Å². The van der Waals surface area contributed by atoms with E-state index in [1.54, 1.807) is 0 Å². The van der Waals surface area contributed by atoms with Crippen LogP contribution in [0.3, 0.4) is 0 Å². The van der Waals surface area contributed by atoms with Crippen molar-refractivity contribution in [2.75, 3.05) is 0 Å². The van der Waals surface area contributed by atoms with Gasteiger partial charge in [-0.3, -0.25) is 4.79 Å². The number of carbonyl (C=O) groups excluding carboxylic acids is 1. The van der Waals surface area contributed by atoms with Crippen LogP contribution in [0.5, 0.6) is 0 Å². The lowest BCUT2D eigenvalue weighted by Crippen LogP contribution is -2.24.